The molecule has 166 valence electrons. The summed E-state index contributed by atoms with van der Waals surface area (Å²) in [6.07, 6.45) is -4.18. The molecule has 12 heteroatoms. The largest absolute Gasteiger partial charge is 0.461 e. The number of hydrogen-bond acceptors (Lipinski definition) is 12. The number of esters is 2. The van der Waals surface area contributed by atoms with Gasteiger partial charge >= 0.3 is 11.9 Å². The number of aliphatic hydroxyl groups is 4. The van der Waals surface area contributed by atoms with Crippen molar-refractivity contribution in [3.8, 4) is 0 Å². The van der Waals surface area contributed by atoms with Crippen LogP contribution in [0, 0.1) is 0 Å². The topological polar surface area (TPSA) is 170 Å². The van der Waals surface area contributed by atoms with E-state index in [2.05, 4.69) is 9.47 Å². The van der Waals surface area contributed by atoms with E-state index >= 15 is 0 Å². The lowest BCUT2D eigenvalue weighted by atomic mass is 10.2. The number of rotatable bonds is 19. The van der Waals surface area contributed by atoms with Crippen LogP contribution < -0.4 is 0 Å². The van der Waals surface area contributed by atoms with Crippen molar-refractivity contribution in [1.29, 1.82) is 0 Å². The van der Waals surface area contributed by atoms with Crippen LogP contribution in [0.2, 0.25) is 0 Å². The molecule has 0 aromatic rings. The van der Waals surface area contributed by atoms with Crippen LogP contribution in [0.15, 0.2) is 0 Å². The van der Waals surface area contributed by atoms with Gasteiger partial charge < -0.3 is 48.8 Å². The monoisotopic (exact) mass is 414 g/mol. The molecule has 0 bridgehead atoms. The first-order chi connectivity index (χ1) is 13.5. The van der Waals surface area contributed by atoms with E-state index in [-0.39, 0.29) is 79.3 Å². The molecule has 0 aliphatic heterocycles. The average molecular weight is 414 g/mol. The first-order valence-corrected chi connectivity index (χ1v) is 8.76. The van der Waals surface area contributed by atoms with Crippen molar-refractivity contribution in [3.05, 3.63) is 0 Å². The zero-order valence-corrected chi connectivity index (χ0v) is 15.7. The molecule has 28 heavy (non-hydrogen) atoms. The van der Waals surface area contributed by atoms with Gasteiger partial charge in [0.2, 0.25) is 0 Å². The maximum atomic E-state index is 11.6. The third-order valence-corrected chi connectivity index (χ3v) is 2.94. The van der Waals surface area contributed by atoms with Gasteiger partial charge in [0.25, 0.3) is 0 Å². The van der Waals surface area contributed by atoms with Gasteiger partial charge in [-0.25, -0.2) is 9.59 Å². The van der Waals surface area contributed by atoms with Crippen LogP contribution in [0.3, 0.4) is 0 Å². The van der Waals surface area contributed by atoms with Crippen LogP contribution >= 0.6 is 0 Å². The SMILES string of the molecule is O=C(OCCOCCOCCO)C(O)C(O)C(=O)OCCOCCOCCO. The van der Waals surface area contributed by atoms with E-state index in [4.69, 9.17) is 29.2 Å². The third kappa shape index (κ3) is 14.6. The quantitative estimate of drug-likeness (QED) is 0.124. The highest BCUT2D eigenvalue weighted by molar-refractivity contribution is 5.85. The predicted octanol–water partition coefficient (Wildman–Crippen LogP) is -3.15. The molecule has 0 radical (unpaired) electrons. The molecule has 0 aliphatic carbocycles. The summed E-state index contributed by atoms with van der Waals surface area (Å²) in [5, 5.41) is 36.2. The minimum atomic E-state index is -2.09. The Hall–Kier alpha value is -1.38. The Morgan fingerprint density at radius 2 is 0.821 bits per heavy atom. The van der Waals surface area contributed by atoms with E-state index in [0.717, 1.165) is 0 Å². The molecule has 4 N–H and O–H groups in total. The van der Waals surface area contributed by atoms with Crippen molar-refractivity contribution in [2.24, 2.45) is 0 Å². The summed E-state index contributed by atoms with van der Waals surface area (Å²) in [5.74, 6) is -2.39. The van der Waals surface area contributed by atoms with Crippen molar-refractivity contribution in [2.45, 2.75) is 12.2 Å². The Morgan fingerprint density at radius 1 is 0.536 bits per heavy atom. The van der Waals surface area contributed by atoms with E-state index in [0.29, 0.717) is 0 Å². The maximum absolute atomic E-state index is 11.6. The van der Waals surface area contributed by atoms with Crippen LogP contribution in [0.1, 0.15) is 0 Å². The fourth-order valence-corrected chi connectivity index (χ4v) is 1.60. The third-order valence-electron chi connectivity index (χ3n) is 2.94. The van der Waals surface area contributed by atoms with Gasteiger partial charge in [0.15, 0.2) is 12.2 Å². The Morgan fingerprint density at radius 3 is 1.14 bits per heavy atom. The van der Waals surface area contributed by atoms with Crippen LogP contribution in [0.5, 0.6) is 0 Å². The van der Waals surface area contributed by atoms with E-state index in [9.17, 15) is 19.8 Å². The molecular formula is C16H30O12. The number of carbonyl (C=O) groups excluding carboxylic acids is 2. The molecule has 0 fully saturated rings. The van der Waals surface area contributed by atoms with E-state index in [1.54, 1.807) is 0 Å². The number of aliphatic hydroxyl groups excluding tert-OH is 4. The highest BCUT2D eigenvalue weighted by Crippen LogP contribution is 2.00. The highest BCUT2D eigenvalue weighted by Gasteiger charge is 2.32. The Labute approximate surface area is 162 Å². The normalized spacial score (nSPS) is 13.1. The molecule has 0 amide bonds. The van der Waals surface area contributed by atoms with Crippen molar-refractivity contribution < 1.29 is 58.4 Å². The summed E-state index contributed by atoms with van der Waals surface area (Å²) >= 11 is 0. The number of carbonyl (C=O) groups is 2. The highest BCUT2D eigenvalue weighted by atomic mass is 16.6. The summed E-state index contributed by atoms with van der Waals surface area (Å²) in [6.45, 7) is 0.877. The van der Waals surface area contributed by atoms with Gasteiger partial charge in [0.1, 0.15) is 13.2 Å². The molecule has 0 aliphatic rings. The predicted molar refractivity (Wildman–Crippen MR) is 91.4 cm³/mol. The lowest BCUT2D eigenvalue weighted by molar-refractivity contribution is -0.174. The average Bonchev–Trinajstić information content (AvgIpc) is 2.70. The van der Waals surface area contributed by atoms with Gasteiger partial charge in [-0.3, -0.25) is 0 Å². The van der Waals surface area contributed by atoms with Gasteiger partial charge in [-0.05, 0) is 0 Å². The van der Waals surface area contributed by atoms with Crippen molar-refractivity contribution in [1.82, 2.24) is 0 Å². The second-order valence-electron chi connectivity index (χ2n) is 5.12. The number of ether oxygens (including phenoxy) is 6. The summed E-state index contributed by atoms with van der Waals surface area (Å²) in [7, 11) is 0. The van der Waals surface area contributed by atoms with E-state index in [1.165, 1.54) is 0 Å². The molecule has 0 heterocycles. The molecule has 0 aromatic heterocycles. The zero-order chi connectivity index (χ0) is 21.0. The van der Waals surface area contributed by atoms with Crippen molar-refractivity contribution in [3.63, 3.8) is 0 Å². The molecule has 2 atom stereocenters. The van der Waals surface area contributed by atoms with Gasteiger partial charge in [-0.2, -0.15) is 0 Å². The fraction of sp³-hybridized carbons (Fsp3) is 0.875. The van der Waals surface area contributed by atoms with Crippen LogP contribution in [-0.4, -0.2) is 124 Å². The first-order valence-electron chi connectivity index (χ1n) is 8.76. The molecule has 0 saturated carbocycles. The van der Waals surface area contributed by atoms with E-state index < -0.39 is 24.1 Å². The fourth-order valence-electron chi connectivity index (χ4n) is 1.60. The summed E-state index contributed by atoms with van der Waals surface area (Å²) in [4.78, 5) is 23.1. The smallest absolute Gasteiger partial charge is 0.338 e. The second-order valence-corrected chi connectivity index (χ2v) is 5.12. The van der Waals surface area contributed by atoms with Crippen molar-refractivity contribution in [2.75, 3.05) is 79.3 Å². The number of hydrogen-bond donors (Lipinski definition) is 4. The van der Waals surface area contributed by atoms with Gasteiger partial charge in [-0.15, -0.1) is 0 Å². The van der Waals surface area contributed by atoms with Gasteiger partial charge in [0, 0.05) is 0 Å². The standard InChI is InChI=1S/C16H30O12/c17-1-3-23-5-7-25-9-11-27-15(21)13(19)14(20)16(22)28-12-10-26-8-6-24-4-2-18/h13-14,17-20H,1-12H2. The Bertz CT molecular complexity index is 356. The van der Waals surface area contributed by atoms with E-state index in [1.807, 2.05) is 0 Å². The molecular weight excluding hydrogens is 384 g/mol. The first kappa shape index (κ1) is 26.6. The molecule has 0 rings (SSSR count). The minimum absolute atomic E-state index is 0.0286. The van der Waals surface area contributed by atoms with Gasteiger partial charge in [-0.1, -0.05) is 0 Å². The molecule has 0 aromatic carbocycles. The maximum Gasteiger partial charge on any atom is 0.338 e. The second kappa shape index (κ2) is 19.0. The van der Waals surface area contributed by atoms with Crippen LogP contribution in [0.25, 0.3) is 0 Å². The zero-order valence-electron chi connectivity index (χ0n) is 15.7. The lowest BCUT2D eigenvalue weighted by Crippen LogP contribution is -2.42. The summed E-state index contributed by atoms with van der Waals surface area (Å²) < 4.78 is 29.4. The summed E-state index contributed by atoms with van der Waals surface area (Å²) in [5.41, 5.74) is 0. The molecule has 0 saturated heterocycles. The van der Waals surface area contributed by atoms with Crippen LogP contribution in [-0.2, 0) is 38.0 Å². The Kier molecular flexibility index (Phi) is 18.0. The molecule has 2 unspecified atom stereocenters. The lowest BCUT2D eigenvalue weighted by Gasteiger charge is -2.16. The Balaban J connectivity index is 3.73. The molecule has 12 nitrogen and oxygen atoms in total. The minimum Gasteiger partial charge on any atom is -0.461 e. The van der Waals surface area contributed by atoms with Crippen LogP contribution in [0.4, 0.5) is 0 Å². The summed E-state index contributed by atoms with van der Waals surface area (Å²) in [6, 6.07) is 0. The van der Waals surface area contributed by atoms with Gasteiger partial charge in [0.05, 0.1) is 66.1 Å². The molecule has 0 spiro atoms. The van der Waals surface area contributed by atoms with Crippen molar-refractivity contribution >= 4 is 11.9 Å².